The second-order valence-electron chi connectivity index (χ2n) is 7.87. The Balaban J connectivity index is 1.40. The molecule has 3 aromatic rings. The van der Waals surface area contributed by atoms with E-state index in [-0.39, 0.29) is 5.56 Å². The van der Waals surface area contributed by atoms with Crippen LogP contribution >= 0.6 is 0 Å². The van der Waals surface area contributed by atoms with E-state index in [1.165, 1.54) is 5.56 Å². The van der Waals surface area contributed by atoms with Gasteiger partial charge in [0.1, 0.15) is 5.75 Å². The van der Waals surface area contributed by atoms with Crippen molar-refractivity contribution < 1.29 is 4.74 Å². The molecule has 0 saturated carbocycles. The van der Waals surface area contributed by atoms with Crippen molar-refractivity contribution in [1.82, 2.24) is 9.47 Å². The van der Waals surface area contributed by atoms with E-state index in [1.807, 2.05) is 31.3 Å². The van der Waals surface area contributed by atoms with E-state index < -0.39 is 0 Å². The second kappa shape index (κ2) is 9.18. The number of methoxy groups -OCH3 is 1. The lowest BCUT2D eigenvalue weighted by Gasteiger charge is -2.32. The Morgan fingerprint density at radius 1 is 1.10 bits per heavy atom. The Hall–Kier alpha value is -3.05. The molecule has 0 bridgehead atoms. The van der Waals surface area contributed by atoms with Crippen LogP contribution in [0.3, 0.4) is 0 Å². The van der Waals surface area contributed by atoms with Crippen LogP contribution < -0.4 is 15.6 Å². The van der Waals surface area contributed by atoms with Crippen molar-refractivity contribution in [2.45, 2.75) is 18.9 Å². The number of nitrogens with one attached hydrogen (secondary N) is 1. The predicted molar refractivity (Wildman–Crippen MR) is 124 cm³/mol. The Labute approximate surface area is 177 Å². The molecule has 2 heterocycles. The average Bonchev–Trinajstić information content (AvgIpc) is 2.79. The van der Waals surface area contributed by atoms with E-state index in [4.69, 9.17) is 4.74 Å². The summed E-state index contributed by atoms with van der Waals surface area (Å²) < 4.78 is 7.07. The van der Waals surface area contributed by atoms with Crippen LogP contribution in [0, 0.1) is 0 Å². The van der Waals surface area contributed by atoms with Crippen LogP contribution in [-0.2, 0) is 7.05 Å². The summed E-state index contributed by atoms with van der Waals surface area (Å²) in [6.45, 7) is 3.05. The molecule has 2 aromatic carbocycles. The van der Waals surface area contributed by atoms with Gasteiger partial charge in [0.05, 0.1) is 12.6 Å². The summed E-state index contributed by atoms with van der Waals surface area (Å²) in [4.78, 5) is 14.9. The van der Waals surface area contributed by atoms with Crippen molar-refractivity contribution in [1.29, 1.82) is 0 Å². The average molecular weight is 404 g/mol. The van der Waals surface area contributed by atoms with E-state index in [1.54, 1.807) is 17.7 Å². The Kier molecular flexibility index (Phi) is 6.19. The highest BCUT2D eigenvalue weighted by Gasteiger charge is 2.19. The number of piperidine rings is 1. The molecule has 1 aromatic heterocycles. The van der Waals surface area contributed by atoms with Crippen LogP contribution in [-0.4, -0.2) is 42.3 Å². The van der Waals surface area contributed by atoms with Crippen LogP contribution in [0.2, 0.25) is 0 Å². The highest BCUT2D eigenvalue weighted by atomic mass is 16.5. The molecule has 0 aliphatic carbocycles. The number of rotatable bonds is 6. The molecule has 1 fully saturated rings. The molecule has 1 aliphatic heterocycles. The van der Waals surface area contributed by atoms with Gasteiger partial charge in [-0.15, -0.1) is 0 Å². The standard InChI is InChI=1S/C25H29N3O2/c1-27-24-11-10-21(30-2)17-22(24)23(18-25(27)29)26-20-12-15-28(16-13-20)14-6-9-19-7-4-3-5-8-19/h3-11,17-18,20,26H,12-16H2,1-2H3. The lowest BCUT2D eigenvalue weighted by atomic mass is 10.0. The molecule has 5 nitrogen and oxygen atoms in total. The van der Waals surface area contributed by atoms with E-state index in [2.05, 4.69) is 46.6 Å². The summed E-state index contributed by atoms with van der Waals surface area (Å²) in [6.07, 6.45) is 6.53. The molecule has 30 heavy (non-hydrogen) atoms. The predicted octanol–water partition coefficient (Wildman–Crippen LogP) is 4.14. The van der Waals surface area contributed by atoms with Gasteiger partial charge in [-0.1, -0.05) is 42.5 Å². The number of hydrogen-bond donors (Lipinski definition) is 1. The molecule has 0 spiro atoms. The number of fused-ring (bicyclic) bond motifs is 1. The van der Waals surface area contributed by atoms with Gasteiger partial charge in [-0.2, -0.15) is 0 Å². The van der Waals surface area contributed by atoms with Crippen LogP contribution in [0.5, 0.6) is 5.75 Å². The molecule has 0 amide bonds. The second-order valence-corrected chi connectivity index (χ2v) is 7.87. The number of hydrogen-bond acceptors (Lipinski definition) is 4. The Bertz CT molecular complexity index is 1080. The van der Waals surface area contributed by atoms with Crippen LogP contribution in [0.1, 0.15) is 18.4 Å². The van der Waals surface area contributed by atoms with Gasteiger partial charge >= 0.3 is 0 Å². The third-order valence-corrected chi connectivity index (χ3v) is 5.87. The van der Waals surface area contributed by atoms with Crippen LogP contribution in [0.4, 0.5) is 5.69 Å². The molecule has 0 atom stereocenters. The van der Waals surface area contributed by atoms with Gasteiger partial charge in [-0.05, 0) is 36.6 Å². The zero-order valence-electron chi connectivity index (χ0n) is 17.7. The number of likely N-dealkylation sites (tertiary alicyclic amines) is 1. The highest BCUT2D eigenvalue weighted by molar-refractivity contribution is 5.92. The molecule has 0 radical (unpaired) electrons. The summed E-state index contributed by atoms with van der Waals surface area (Å²) >= 11 is 0. The number of pyridine rings is 1. The van der Waals surface area contributed by atoms with E-state index in [9.17, 15) is 4.79 Å². The van der Waals surface area contributed by atoms with Gasteiger partial charge in [0.2, 0.25) is 0 Å². The largest absolute Gasteiger partial charge is 0.497 e. The topological polar surface area (TPSA) is 46.5 Å². The summed E-state index contributed by atoms with van der Waals surface area (Å²) in [6, 6.07) is 18.3. The third-order valence-electron chi connectivity index (χ3n) is 5.87. The molecule has 0 unspecified atom stereocenters. The fourth-order valence-corrected chi connectivity index (χ4v) is 4.07. The van der Waals surface area contributed by atoms with Crippen LogP contribution in [0.25, 0.3) is 17.0 Å². The van der Waals surface area contributed by atoms with Crippen molar-refractivity contribution in [2.75, 3.05) is 32.1 Å². The van der Waals surface area contributed by atoms with E-state index in [0.717, 1.165) is 54.8 Å². The third kappa shape index (κ3) is 4.57. The lowest BCUT2D eigenvalue weighted by Crippen LogP contribution is -2.39. The van der Waals surface area contributed by atoms with Crippen LogP contribution in [0.15, 0.2) is 65.5 Å². The monoisotopic (exact) mass is 403 g/mol. The number of nitrogens with zero attached hydrogens (tertiary/aromatic N) is 2. The van der Waals surface area contributed by atoms with Crippen molar-refractivity contribution in [2.24, 2.45) is 7.05 Å². The summed E-state index contributed by atoms with van der Waals surface area (Å²) in [7, 11) is 3.47. The zero-order chi connectivity index (χ0) is 20.9. The smallest absolute Gasteiger partial charge is 0.252 e. The number of ether oxygens (including phenoxy) is 1. The maximum Gasteiger partial charge on any atom is 0.252 e. The summed E-state index contributed by atoms with van der Waals surface area (Å²) in [5, 5.41) is 4.65. The first kappa shape index (κ1) is 20.2. The molecule has 1 N–H and O–H groups in total. The maximum atomic E-state index is 12.4. The van der Waals surface area contributed by atoms with Crippen molar-refractivity contribution in [3.8, 4) is 5.75 Å². The van der Waals surface area contributed by atoms with Gasteiger partial charge in [-0.25, -0.2) is 0 Å². The number of aryl methyl sites for hydroxylation is 1. The quantitative estimate of drug-likeness (QED) is 0.672. The van der Waals surface area contributed by atoms with Gasteiger partial charge in [0.25, 0.3) is 5.56 Å². The minimum Gasteiger partial charge on any atom is -0.497 e. The number of aromatic nitrogens is 1. The van der Waals surface area contributed by atoms with Gasteiger partial charge in [0.15, 0.2) is 0 Å². The molecule has 5 heteroatoms. The van der Waals surface area contributed by atoms with E-state index >= 15 is 0 Å². The van der Waals surface area contributed by atoms with Crippen molar-refractivity contribution >= 4 is 22.7 Å². The molecular formula is C25H29N3O2. The molecule has 4 rings (SSSR count). The normalized spacial score (nSPS) is 15.7. The summed E-state index contributed by atoms with van der Waals surface area (Å²) in [5.41, 5.74) is 3.05. The van der Waals surface area contributed by atoms with Gasteiger partial charge < -0.3 is 14.6 Å². The fourth-order valence-electron chi connectivity index (χ4n) is 4.07. The fraction of sp³-hybridized carbons (Fsp3) is 0.320. The SMILES string of the molecule is COc1ccc2c(c1)c(NC1CCN(CC=Cc3ccccc3)CC1)cc(=O)n2C. The minimum absolute atomic E-state index is 0.00125. The van der Waals surface area contributed by atoms with Gasteiger partial charge in [-0.3, -0.25) is 9.69 Å². The first-order valence-electron chi connectivity index (χ1n) is 10.5. The van der Waals surface area contributed by atoms with Gasteiger partial charge in [0, 0.05) is 49.9 Å². The Morgan fingerprint density at radius 3 is 2.60 bits per heavy atom. The van der Waals surface area contributed by atoms with Crippen molar-refractivity contribution in [3.05, 3.63) is 76.6 Å². The van der Waals surface area contributed by atoms with E-state index in [0.29, 0.717) is 6.04 Å². The number of anilines is 1. The zero-order valence-corrected chi connectivity index (χ0v) is 17.7. The maximum absolute atomic E-state index is 12.4. The highest BCUT2D eigenvalue weighted by Crippen LogP contribution is 2.27. The first-order chi connectivity index (χ1) is 14.6. The molecular weight excluding hydrogens is 374 g/mol. The lowest BCUT2D eigenvalue weighted by molar-refractivity contribution is 0.240. The van der Waals surface area contributed by atoms with Crippen molar-refractivity contribution in [3.63, 3.8) is 0 Å². The minimum atomic E-state index is -0.00125. The molecule has 1 aliphatic rings. The number of benzene rings is 2. The molecule has 156 valence electrons. The first-order valence-corrected chi connectivity index (χ1v) is 10.5. The Morgan fingerprint density at radius 2 is 1.87 bits per heavy atom. The molecule has 1 saturated heterocycles. The summed E-state index contributed by atoms with van der Waals surface area (Å²) in [5.74, 6) is 0.796.